The summed E-state index contributed by atoms with van der Waals surface area (Å²) in [6, 6.07) is 6.36. The average molecular weight is 194 g/mol. The van der Waals surface area contributed by atoms with Gasteiger partial charge >= 0.3 is 0 Å². The summed E-state index contributed by atoms with van der Waals surface area (Å²) in [6.45, 7) is 5.77. The van der Waals surface area contributed by atoms with Gasteiger partial charge in [0, 0.05) is 4.90 Å². The topological polar surface area (TPSA) is 17.1 Å². The molecule has 0 N–H and O–H groups in total. The molecule has 0 unspecified atom stereocenters. The number of benzene rings is 1. The SMILES string of the molecule is CC(=O)CSc1cc(C)cc(C)c1. The van der Waals surface area contributed by atoms with E-state index in [-0.39, 0.29) is 5.78 Å². The number of Topliss-reactive ketones (excluding diaryl/α,β-unsaturated/α-hetero) is 1. The van der Waals surface area contributed by atoms with Crippen LogP contribution in [0.5, 0.6) is 0 Å². The number of carbonyl (C=O) groups is 1. The minimum Gasteiger partial charge on any atom is -0.299 e. The van der Waals surface area contributed by atoms with Gasteiger partial charge < -0.3 is 0 Å². The zero-order chi connectivity index (χ0) is 9.84. The van der Waals surface area contributed by atoms with Crippen LogP contribution in [0.3, 0.4) is 0 Å². The number of thioether (sulfide) groups is 1. The predicted octanol–water partition coefficient (Wildman–Crippen LogP) is 2.98. The van der Waals surface area contributed by atoms with Gasteiger partial charge in [-0.2, -0.15) is 0 Å². The molecule has 1 nitrogen and oxygen atoms in total. The van der Waals surface area contributed by atoms with Gasteiger partial charge in [0.1, 0.15) is 5.78 Å². The van der Waals surface area contributed by atoms with Crippen LogP contribution in [0.4, 0.5) is 0 Å². The van der Waals surface area contributed by atoms with Crippen molar-refractivity contribution in [2.24, 2.45) is 0 Å². The molecule has 2 heteroatoms. The van der Waals surface area contributed by atoms with Crippen LogP contribution in [0.2, 0.25) is 0 Å². The third kappa shape index (κ3) is 3.64. The van der Waals surface area contributed by atoms with Crippen LogP contribution in [0.25, 0.3) is 0 Å². The smallest absolute Gasteiger partial charge is 0.140 e. The molecule has 0 spiro atoms. The molecule has 0 radical (unpaired) electrons. The van der Waals surface area contributed by atoms with E-state index in [4.69, 9.17) is 0 Å². The number of hydrogen-bond donors (Lipinski definition) is 0. The van der Waals surface area contributed by atoms with E-state index in [0.29, 0.717) is 5.75 Å². The highest BCUT2D eigenvalue weighted by Gasteiger charge is 1.98. The largest absolute Gasteiger partial charge is 0.299 e. The highest BCUT2D eigenvalue weighted by Crippen LogP contribution is 2.20. The van der Waals surface area contributed by atoms with E-state index in [0.717, 1.165) is 0 Å². The van der Waals surface area contributed by atoms with E-state index in [1.807, 2.05) is 0 Å². The van der Waals surface area contributed by atoms with Crippen molar-refractivity contribution in [2.75, 3.05) is 5.75 Å². The molecule has 13 heavy (non-hydrogen) atoms. The number of carbonyl (C=O) groups excluding carboxylic acids is 1. The van der Waals surface area contributed by atoms with Crippen molar-refractivity contribution in [3.8, 4) is 0 Å². The summed E-state index contributed by atoms with van der Waals surface area (Å²) < 4.78 is 0. The lowest BCUT2D eigenvalue weighted by Gasteiger charge is -2.02. The Labute approximate surface area is 83.5 Å². The van der Waals surface area contributed by atoms with Crippen molar-refractivity contribution in [2.45, 2.75) is 25.7 Å². The van der Waals surface area contributed by atoms with E-state index in [2.05, 4.69) is 32.0 Å². The maximum atomic E-state index is 10.8. The second kappa shape index (κ2) is 4.47. The molecule has 0 aliphatic carbocycles. The molecule has 0 bridgehead atoms. The average Bonchev–Trinajstić information content (AvgIpc) is 1.99. The Hall–Kier alpha value is -0.760. The molecule has 0 aromatic heterocycles. The molecule has 0 aliphatic rings. The molecule has 0 atom stereocenters. The van der Waals surface area contributed by atoms with E-state index >= 15 is 0 Å². The molecule has 1 rings (SSSR count). The summed E-state index contributed by atoms with van der Waals surface area (Å²) in [6.07, 6.45) is 0. The fourth-order valence-electron chi connectivity index (χ4n) is 1.20. The molecule has 0 heterocycles. The van der Waals surface area contributed by atoms with Crippen LogP contribution >= 0.6 is 11.8 Å². The minimum atomic E-state index is 0.226. The predicted molar refractivity (Wildman–Crippen MR) is 57.3 cm³/mol. The monoisotopic (exact) mass is 194 g/mol. The van der Waals surface area contributed by atoms with E-state index in [9.17, 15) is 4.79 Å². The number of aryl methyl sites for hydroxylation is 2. The van der Waals surface area contributed by atoms with Gasteiger partial charge in [-0.1, -0.05) is 6.07 Å². The van der Waals surface area contributed by atoms with Crippen LogP contribution < -0.4 is 0 Å². The van der Waals surface area contributed by atoms with Gasteiger partial charge in [0.15, 0.2) is 0 Å². The van der Waals surface area contributed by atoms with Crippen LogP contribution in [0, 0.1) is 13.8 Å². The summed E-state index contributed by atoms with van der Waals surface area (Å²) in [4.78, 5) is 12.0. The highest BCUT2D eigenvalue weighted by atomic mass is 32.2. The van der Waals surface area contributed by atoms with Crippen LogP contribution in [-0.2, 0) is 4.79 Å². The first-order chi connectivity index (χ1) is 6.08. The summed E-state index contributed by atoms with van der Waals surface area (Å²) in [7, 11) is 0. The summed E-state index contributed by atoms with van der Waals surface area (Å²) in [5.74, 6) is 0.798. The summed E-state index contributed by atoms with van der Waals surface area (Å²) in [5.41, 5.74) is 2.51. The fraction of sp³-hybridized carbons (Fsp3) is 0.364. The molecule has 0 fully saturated rings. The first-order valence-corrected chi connectivity index (χ1v) is 5.27. The lowest BCUT2D eigenvalue weighted by molar-refractivity contribution is -0.114. The van der Waals surface area contributed by atoms with Crippen molar-refractivity contribution in [3.05, 3.63) is 29.3 Å². The van der Waals surface area contributed by atoms with Crippen molar-refractivity contribution in [1.29, 1.82) is 0 Å². The maximum Gasteiger partial charge on any atom is 0.140 e. The first kappa shape index (κ1) is 10.3. The van der Waals surface area contributed by atoms with Gasteiger partial charge in [-0.25, -0.2) is 0 Å². The molecule has 1 aromatic rings. The van der Waals surface area contributed by atoms with Crippen molar-refractivity contribution in [1.82, 2.24) is 0 Å². The Morgan fingerprint density at radius 3 is 2.23 bits per heavy atom. The molecule has 0 aliphatic heterocycles. The normalized spacial score (nSPS) is 10.1. The van der Waals surface area contributed by atoms with Gasteiger partial charge in [-0.3, -0.25) is 4.79 Å². The number of ketones is 1. The third-order valence-corrected chi connectivity index (χ3v) is 2.76. The van der Waals surface area contributed by atoms with Gasteiger partial charge in [0.05, 0.1) is 5.75 Å². The van der Waals surface area contributed by atoms with Crippen molar-refractivity contribution >= 4 is 17.5 Å². The third-order valence-electron chi connectivity index (χ3n) is 1.64. The molecule has 0 saturated carbocycles. The Morgan fingerprint density at radius 1 is 1.23 bits per heavy atom. The fourth-order valence-corrected chi connectivity index (χ4v) is 2.11. The zero-order valence-corrected chi connectivity index (χ0v) is 9.07. The minimum absolute atomic E-state index is 0.226. The quantitative estimate of drug-likeness (QED) is 0.688. The van der Waals surface area contributed by atoms with Gasteiger partial charge in [0.25, 0.3) is 0 Å². The highest BCUT2D eigenvalue weighted by molar-refractivity contribution is 8.00. The molecular formula is C11H14OS. The lowest BCUT2D eigenvalue weighted by Crippen LogP contribution is -1.93. The van der Waals surface area contributed by atoms with E-state index < -0.39 is 0 Å². The van der Waals surface area contributed by atoms with Crippen molar-refractivity contribution in [3.63, 3.8) is 0 Å². The van der Waals surface area contributed by atoms with Crippen LogP contribution in [0.1, 0.15) is 18.1 Å². The van der Waals surface area contributed by atoms with Gasteiger partial charge in [-0.15, -0.1) is 11.8 Å². The molecule has 0 saturated heterocycles. The van der Waals surface area contributed by atoms with Crippen LogP contribution in [-0.4, -0.2) is 11.5 Å². The maximum absolute atomic E-state index is 10.8. The molecule has 0 amide bonds. The Bertz CT molecular complexity index is 298. The summed E-state index contributed by atoms with van der Waals surface area (Å²) in [5, 5.41) is 0. The van der Waals surface area contributed by atoms with Crippen molar-refractivity contribution < 1.29 is 4.79 Å². The standard InChI is InChI=1S/C11H14OS/c1-8-4-9(2)6-11(5-8)13-7-10(3)12/h4-6H,7H2,1-3H3. The zero-order valence-electron chi connectivity index (χ0n) is 8.26. The molecule has 70 valence electrons. The lowest BCUT2D eigenvalue weighted by atomic mass is 10.2. The molecular weight excluding hydrogens is 180 g/mol. The van der Waals surface area contributed by atoms with Gasteiger partial charge in [-0.05, 0) is 44.0 Å². The van der Waals surface area contributed by atoms with E-state index in [1.165, 1.54) is 16.0 Å². The second-order valence-corrected chi connectivity index (χ2v) is 4.36. The Balaban J connectivity index is 2.71. The molecule has 1 aromatic carbocycles. The first-order valence-electron chi connectivity index (χ1n) is 4.28. The summed E-state index contributed by atoms with van der Waals surface area (Å²) >= 11 is 1.61. The van der Waals surface area contributed by atoms with Gasteiger partial charge in [0.2, 0.25) is 0 Å². The number of hydrogen-bond acceptors (Lipinski definition) is 2. The van der Waals surface area contributed by atoms with E-state index in [1.54, 1.807) is 18.7 Å². The Kier molecular flexibility index (Phi) is 3.55. The van der Waals surface area contributed by atoms with Crippen LogP contribution in [0.15, 0.2) is 23.1 Å². The Morgan fingerprint density at radius 2 is 1.77 bits per heavy atom. The second-order valence-electron chi connectivity index (χ2n) is 3.31. The number of rotatable bonds is 3.